The maximum absolute atomic E-state index is 13.7. The Labute approximate surface area is 205 Å². The van der Waals surface area contributed by atoms with E-state index in [1.54, 1.807) is 23.3 Å². The molecule has 178 valence electrons. The standard InChI is InChI=1S/C28H32N2O3S/c1-20-9-11-21(12-10-20)19-30(26(31)18-25-8-5-17-34-25)27(22-13-15-24(33-2)16-14-22)28(32)29-23-6-3-4-7-23/h5,8-17,23,27H,3-4,6-7,18-19H2,1-2H3,(H,29,32)/t27-/m0/s1. The molecule has 1 aliphatic rings. The third-order valence-corrected chi connectivity index (χ3v) is 7.27. The summed E-state index contributed by atoms with van der Waals surface area (Å²) in [7, 11) is 1.62. The largest absolute Gasteiger partial charge is 0.497 e. The molecule has 0 unspecified atom stereocenters. The molecule has 1 saturated carbocycles. The molecule has 2 aromatic carbocycles. The van der Waals surface area contributed by atoms with Crippen LogP contribution in [-0.2, 0) is 22.6 Å². The average Bonchev–Trinajstić information content (AvgIpc) is 3.55. The van der Waals surface area contributed by atoms with Crippen molar-refractivity contribution < 1.29 is 14.3 Å². The van der Waals surface area contributed by atoms with E-state index in [0.717, 1.165) is 47.3 Å². The number of rotatable bonds is 9. The van der Waals surface area contributed by atoms with E-state index in [1.807, 2.05) is 73.0 Å². The second kappa shape index (κ2) is 11.3. The van der Waals surface area contributed by atoms with Gasteiger partial charge in [0, 0.05) is 17.5 Å². The van der Waals surface area contributed by atoms with E-state index >= 15 is 0 Å². The number of benzene rings is 2. The molecule has 0 radical (unpaired) electrons. The summed E-state index contributed by atoms with van der Waals surface area (Å²) in [5.41, 5.74) is 2.94. The van der Waals surface area contributed by atoms with Crippen molar-refractivity contribution in [3.05, 3.63) is 87.6 Å². The average molecular weight is 477 g/mol. The minimum atomic E-state index is -0.722. The van der Waals surface area contributed by atoms with Gasteiger partial charge in [-0.15, -0.1) is 11.3 Å². The molecule has 1 fully saturated rings. The predicted octanol–water partition coefficient (Wildman–Crippen LogP) is 5.44. The minimum absolute atomic E-state index is 0.0644. The third kappa shape index (κ3) is 6.06. The van der Waals surface area contributed by atoms with Gasteiger partial charge in [-0.25, -0.2) is 0 Å². The smallest absolute Gasteiger partial charge is 0.247 e. The quantitative estimate of drug-likeness (QED) is 0.448. The summed E-state index contributed by atoms with van der Waals surface area (Å²) in [6.45, 7) is 2.40. The fourth-order valence-corrected chi connectivity index (χ4v) is 5.18. The zero-order valence-corrected chi connectivity index (χ0v) is 20.6. The molecule has 6 heteroatoms. The number of nitrogens with one attached hydrogen (secondary N) is 1. The van der Waals surface area contributed by atoms with Crippen LogP contribution in [0.4, 0.5) is 0 Å². The van der Waals surface area contributed by atoms with E-state index in [1.165, 1.54) is 0 Å². The number of amides is 2. The van der Waals surface area contributed by atoms with Gasteiger partial charge in [0.15, 0.2) is 0 Å². The van der Waals surface area contributed by atoms with Crippen LogP contribution in [0.25, 0.3) is 0 Å². The van der Waals surface area contributed by atoms with Gasteiger partial charge in [-0.1, -0.05) is 60.9 Å². The van der Waals surface area contributed by atoms with E-state index in [0.29, 0.717) is 12.3 Å². The van der Waals surface area contributed by atoms with Crippen molar-refractivity contribution in [2.75, 3.05) is 7.11 Å². The fourth-order valence-electron chi connectivity index (χ4n) is 4.49. The number of aryl methyl sites for hydroxylation is 1. The lowest BCUT2D eigenvalue weighted by Gasteiger charge is -2.32. The summed E-state index contributed by atoms with van der Waals surface area (Å²) in [6, 6.07) is 19.0. The molecule has 3 aromatic rings. The van der Waals surface area contributed by atoms with Gasteiger partial charge in [-0.2, -0.15) is 0 Å². The number of thiophene rings is 1. The van der Waals surface area contributed by atoms with E-state index in [9.17, 15) is 9.59 Å². The number of hydrogen-bond acceptors (Lipinski definition) is 4. The first-order chi connectivity index (χ1) is 16.5. The summed E-state index contributed by atoms with van der Waals surface area (Å²) in [4.78, 5) is 30.1. The van der Waals surface area contributed by atoms with Gasteiger partial charge in [-0.3, -0.25) is 9.59 Å². The second-order valence-electron chi connectivity index (χ2n) is 8.93. The minimum Gasteiger partial charge on any atom is -0.497 e. The zero-order chi connectivity index (χ0) is 23.9. The Balaban J connectivity index is 1.69. The highest BCUT2D eigenvalue weighted by Crippen LogP contribution is 2.28. The zero-order valence-electron chi connectivity index (χ0n) is 19.8. The topological polar surface area (TPSA) is 58.6 Å². The molecule has 34 heavy (non-hydrogen) atoms. The number of ether oxygens (including phenoxy) is 1. The summed E-state index contributed by atoms with van der Waals surface area (Å²) in [5, 5.41) is 5.21. The third-order valence-electron chi connectivity index (χ3n) is 6.39. The Bertz CT molecular complexity index is 1070. The molecule has 0 saturated heterocycles. The number of carbonyl (C=O) groups excluding carboxylic acids is 2. The number of hydrogen-bond donors (Lipinski definition) is 1. The van der Waals surface area contributed by atoms with Crippen molar-refractivity contribution in [3.63, 3.8) is 0 Å². The van der Waals surface area contributed by atoms with E-state index in [4.69, 9.17) is 4.74 Å². The van der Waals surface area contributed by atoms with Crippen LogP contribution < -0.4 is 10.1 Å². The number of methoxy groups -OCH3 is 1. The molecule has 4 rings (SSSR count). The second-order valence-corrected chi connectivity index (χ2v) is 9.96. The highest BCUT2D eigenvalue weighted by Gasteiger charge is 2.33. The van der Waals surface area contributed by atoms with Crippen LogP contribution in [0.2, 0.25) is 0 Å². The van der Waals surface area contributed by atoms with Crippen molar-refractivity contribution >= 4 is 23.2 Å². The highest BCUT2D eigenvalue weighted by molar-refractivity contribution is 7.10. The molecule has 1 aliphatic carbocycles. The van der Waals surface area contributed by atoms with Crippen molar-refractivity contribution in [2.24, 2.45) is 0 Å². The summed E-state index contributed by atoms with van der Waals surface area (Å²) < 4.78 is 5.32. The van der Waals surface area contributed by atoms with E-state index in [2.05, 4.69) is 5.32 Å². The van der Waals surface area contributed by atoms with Crippen molar-refractivity contribution in [1.82, 2.24) is 10.2 Å². The lowest BCUT2D eigenvalue weighted by molar-refractivity contribution is -0.141. The maximum Gasteiger partial charge on any atom is 0.247 e. The van der Waals surface area contributed by atoms with Gasteiger partial charge in [0.1, 0.15) is 11.8 Å². The van der Waals surface area contributed by atoms with Gasteiger partial charge < -0.3 is 15.0 Å². The van der Waals surface area contributed by atoms with Crippen LogP contribution in [0.1, 0.15) is 53.3 Å². The van der Waals surface area contributed by atoms with Crippen molar-refractivity contribution in [2.45, 2.75) is 57.7 Å². The van der Waals surface area contributed by atoms with Crippen LogP contribution in [0.5, 0.6) is 5.75 Å². The number of carbonyl (C=O) groups is 2. The Kier molecular flexibility index (Phi) is 8.01. The summed E-state index contributed by atoms with van der Waals surface area (Å²) in [6.07, 6.45) is 4.50. The van der Waals surface area contributed by atoms with Crippen LogP contribution >= 0.6 is 11.3 Å². The molecular weight excluding hydrogens is 444 g/mol. The molecular formula is C28H32N2O3S. The molecule has 1 N–H and O–H groups in total. The predicted molar refractivity (Wildman–Crippen MR) is 136 cm³/mol. The first-order valence-electron chi connectivity index (χ1n) is 11.8. The molecule has 0 spiro atoms. The maximum atomic E-state index is 13.7. The molecule has 5 nitrogen and oxygen atoms in total. The summed E-state index contributed by atoms with van der Waals surface area (Å²) >= 11 is 1.56. The Morgan fingerprint density at radius 3 is 2.38 bits per heavy atom. The SMILES string of the molecule is COc1ccc([C@@H](C(=O)NC2CCCC2)N(Cc2ccc(C)cc2)C(=O)Cc2cccs2)cc1. The lowest BCUT2D eigenvalue weighted by atomic mass is 10.0. The normalized spacial score (nSPS) is 14.5. The van der Waals surface area contributed by atoms with Crippen molar-refractivity contribution in [1.29, 1.82) is 0 Å². The van der Waals surface area contributed by atoms with Crippen LogP contribution in [0.3, 0.4) is 0 Å². The molecule has 1 aromatic heterocycles. The van der Waals surface area contributed by atoms with E-state index in [-0.39, 0.29) is 24.3 Å². The first kappa shape index (κ1) is 24.0. The molecule has 0 bridgehead atoms. The Hall–Kier alpha value is -3.12. The van der Waals surface area contributed by atoms with E-state index < -0.39 is 6.04 Å². The lowest BCUT2D eigenvalue weighted by Crippen LogP contribution is -2.46. The fraction of sp³-hybridized carbons (Fsp3) is 0.357. The van der Waals surface area contributed by atoms with Crippen molar-refractivity contribution in [3.8, 4) is 5.75 Å². The Morgan fingerprint density at radius 1 is 1.06 bits per heavy atom. The summed E-state index contributed by atoms with van der Waals surface area (Å²) in [5.74, 6) is 0.530. The molecule has 0 aliphatic heterocycles. The van der Waals surface area contributed by atoms with Crippen LogP contribution in [0, 0.1) is 6.92 Å². The van der Waals surface area contributed by atoms with Gasteiger partial charge in [0.05, 0.1) is 13.5 Å². The van der Waals surface area contributed by atoms with Crippen LogP contribution in [0.15, 0.2) is 66.0 Å². The van der Waals surface area contributed by atoms with Gasteiger partial charge >= 0.3 is 0 Å². The number of nitrogens with zero attached hydrogens (tertiary/aromatic N) is 1. The first-order valence-corrected chi connectivity index (χ1v) is 12.7. The highest BCUT2D eigenvalue weighted by atomic mass is 32.1. The van der Waals surface area contributed by atoms with Gasteiger partial charge in [0.25, 0.3) is 0 Å². The van der Waals surface area contributed by atoms with Gasteiger partial charge in [0.2, 0.25) is 11.8 Å². The molecule has 1 heterocycles. The van der Waals surface area contributed by atoms with Crippen LogP contribution in [-0.4, -0.2) is 29.9 Å². The molecule has 2 amide bonds. The Morgan fingerprint density at radius 2 is 1.76 bits per heavy atom. The van der Waals surface area contributed by atoms with Gasteiger partial charge in [-0.05, 0) is 54.5 Å². The molecule has 1 atom stereocenters. The monoisotopic (exact) mass is 476 g/mol.